The summed E-state index contributed by atoms with van der Waals surface area (Å²) >= 11 is 1.69. The average molecular weight is 162 g/mol. The molecule has 0 aliphatic rings. The Balaban J connectivity index is 2.67. The number of thiazole rings is 1. The molecule has 0 bridgehead atoms. The predicted molar refractivity (Wildman–Crippen MR) is 48.7 cm³/mol. The minimum Gasteiger partial charge on any atom is -0.245 e. The van der Waals surface area contributed by atoms with E-state index < -0.39 is 0 Å². The van der Waals surface area contributed by atoms with Crippen molar-refractivity contribution in [3.05, 3.63) is 35.7 Å². The second-order valence-corrected chi connectivity index (χ2v) is 3.25. The van der Waals surface area contributed by atoms with Gasteiger partial charge in [0, 0.05) is 0 Å². The SMILES string of the molecule is C[CH]c1ccc2ncsc2c1. The van der Waals surface area contributed by atoms with Crippen molar-refractivity contribution < 1.29 is 0 Å². The summed E-state index contributed by atoms with van der Waals surface area (Å²) < 4.78 is 1.26. The smallest absolute Gasteiger partial charge is 0.0812 e. The Bertz CT molecular complexity index is 364. The Morgan fingerprint density at radius 3 is 3.18 bits per heavy atom. The highest BCUT2D eigenvalue weighted by Gasteiger charge is 1.95. The van der Waals surface area contributed by atoms with E-state index in [1.165, 1.54) is 10.3 Å². The second-order valence-electron chi connectivity index (χ2n) is 2.37. The second kappa shape index (κ2) is 2.62. The highest BCUT2D eigenvalue weighted by molar-refractivity contribution is 7.16. The zero-order valence-corrected chi connectivity index (χ0v) is 7.06. The number of hydrogen-bond donors (Lipinski definition) is 0. The van der Waals surface area contributed by atoms with Gasteiger partial charge in [0.1, 0.15) is 0 Å². The van der Waals surface area contributed by atoms with Gasteiger partial charge in [-0.15, -0.1) is 11.3 Å². The van der Waals surface area contributed by atoms with E-state index in [-0.39, 0.29) is 0 Å². The molecule has 0 aliphatic carbocycles. The van der Waals surface area contributed by atoms with Crippen LogP contribution < -0.4 is 0 Å². The Morgan fingerprint density at radius 1 is 1.45 bits per heavy atom. The molecule has 0 amide bonds. The van der Waals surface area contributed by atoms with Crippen molar-refractivity contribution in [1.29, 1.82) is 0 Å². The maximum atomic E-state index is 4.20. The molecule has 1 nitrogen and oxygen atoms in total. The van der Waals surface area contributed by atoms with Gasteiger partial charge in [-0.2, -0.15) is 0 Å². The highest BCUT2D eigenvalue weighted by atomic mass is 32.1. The number of benzene rings is 1. The normalized spacial score (nSPS) is 10.6. The van der Waals surface area contributed by atoms with E-state index in [4.69, 9.17) is 0 Å². The maximum Gasteiger partial charge on any atom is 0.0812 e. The number of fused-ring (bicyclic) bond motifs is 1. The Morgan fingerprint density at radius 2 is 2.36 bits per heavy atom. The fraction of sp³-hybridized carbons (Fsp3) is 0.111. The molecule has 11 heavy (non-hydrogen) atoms. The quantitative estimate of drug-likeness (QED) is 0.628. The van der Waals surface area contributed by atoms with Crippen molar-refractivity contribution in [3.63, 3.8) is 0 Å². The third-order valence-corrected chi connectivity index (χ3v) is 2.48. The van der Waals surface area contributed by atoms with Crippen LogP contribution in [0.25, 0.3) is 10.2 Å². The fourth-order valence-corrected chi connectivity index (χ4v) is 1.78. The van der Waals surface area contributed by atoms with Gasteiger partial charge in [0.2, 0.25) is 0 Å². The van der Waals surface area contributed by atoms with E-state index >= 15 is 0 Å². The molecule has 55 valence electrons. The third kappa shape index (κ3) is 1.14. The predicted octanol–water partition coefficient (Wildman–Crippen LogP) is 2.87. The highest BCUT2D eigenvalue weighted by Crippen LogP contribution is 2.19. The van der Waals surface area contributed by atoms with Crippen LogP contribution in [0.3, 0.4) is 0 Å². The molecule has 1 aromatic heterocycles. The molecule has 0 aliphatic heterocycles. The molecule has 2 aromatic rings. The Kier molecular flexibility index (Phi) is 1.62. The molecule has 1 aromatic carbocycles. The topological polar surface area (TPSA) is 12.9 Å². The summed E-state index contributed by atoms with van der Waals surface area (Å²) in [7, 11) is 0. The first-order chi connectivity index (χ1) is 5.40. The van der Waals surface area contributed by atoms with Gasteiger partial charge in [-0.3, -0.25) is 0 Å². The zero-order valence-electron chi connectivity index (χ0n) is 6.24. The van der Waals surface area contributed by atoms with Gasteiger partial charge >= 0.3 is 0 Å². The van der Waals surface area contributed by atoms with Crippen LogP contribution in [-0.2, 0) is 0 Å². The molecular formula is C9H8NS. The minimum atomic E-state index is 1.10. The van der Waals surface area contributed by atoms with Crippen LogP contribution >= 0.6 is 11.3 Å². The van der Waals surface area contributed by atoms with Crippen molar-refractivity contribution in [3.8, 4) is 0 Å². The van der Waals surface area contributed by atoms with Crippen LogP contribution in [0.2, 0.25) is 0 Å². The monoisotopic (exact) mass is 162 g/mol. The largest absolute Gasteiger partial charge is 0.245 e. The summed E-state index contributed by atoms with van der Waals surface area (Å²) in [4.78, 5) is 4.20. The lowest BCUT2D eigenvalue weighted by Gasteiger charge is -1.93. The van der Waals surface area contributed by atoms with Gasteiger partial charge in [0.05, 0.1) is 15.7 Å². The summed E-state index contributed by atoms with van der Waals surface area (Å²) in [6.07, 6.45) is 2.10. The molecule has 0 spiro atoms. The fourth-order valence-electron chi connectivity index (χ4n) is 1.05. The number of aromatic nitrogens is 1. The first-order valence-electron chi connectivity index (χ1n) is 3.53. The Hall–Kier alpha value is -0.890. The lowest BCUT2D eigenvalue weighted by atomic mass is 10.2. The van der Waals surface area contributed by atoms with Crippen LogP contribution in [0.4, 0.5) is 0 Å². The van der Waals surface area contributed by atoms with Crippen LogP contribution in [-0.4, -0.2) is 4.98 Å². The summed E-state index contributed by atoms with van der Waals surface area (Å²) in [6, 6.07) is 6.30. The van der Waals surface area contributed by atoms with Gasteiger partial charge in [0.25, 0.3) is 0 Å². The summed E-state index contributed by atoms with van der Waals surface area (Å²) in [5.74, 6) is 0. The zero-order chi connectivity index (χ0) is 7.68. The van der Waals surface area contributed by atoms with Gasteiger partial charge in [-0.25, -0.2) is 4.98 Å². The molecule has 2 heteroatoms. The van der Waals surface area contributed by atoms with E-state index in [0.29, 0.717) is 0 Å². The lowest BCUT2D eigenvalue weighted by molar-refractivity contribution is 1.43. The molecule has 2 rings (SSSR count). The van der Waals surface area contributed by atoms with Gasteiger partial charge in [-0.05, 0) is 24.1 Å². The molecule has 1 heterocycles. The van der Waals surface area contributed by atoms with Gasteiger partial charge in [-0.1, -0.05) is 13.0 Å². The van der Waals surface area contributed by atoms with Gasteiger partial charge < -0.3 is 0 Å². The molecule has 0 unspecified atom stereocenters. The van der Waals surface area contributed by atoms with Crippen molar-refractivity contribution >= 4 is 21.6 Å². The third-order valence-electron chi connectivity index (χ3n) is 1.69. The standard InChI is InChI=1S/C9H8NS/c1-2-7-3-4-8-9(5-7)11-6-10-8/h2-6H,1H3. The molecule has 0 saturated heterocycles. The average Bonchev–Trinajstić information content (AvgIpc) is 2.50. The van der Waals surface area contributed by atoms with E-state index in [1.54, 1.807) is 11.3 Å². The first kappa shape index (κ1) is 6.80. The van der Waals surface area contributed by atoms with Crippen molar-refractivity contribution in [1.82, 2.24) is 4.98 Å². The van der Waals surface area contributed by atoms with Crippen LogP contribution in [0.1, 0.15) is 12.5 Å². The number of rotatable bonds is 1. The molecule has 0 saturated carbocycles. The molecule has 0 N–H and O–H groups in total. The van der Waals surface area contributed by atoms with Gasteiger partial charge in [0.15, 0.2) is 0 Å². The van der Waals surface area contributed by atoms with Crippen molar-refractivity contribution in [2.45, 2.75) is 6.92 Å². The lowest BCUT2D eigenvalue weighted by Crippen LogP contribution is -1.74. The van der Waals surface area contributed by atoms with E-state index in [1.807, 2.05) is 12.4 Å². The van der Waals surface area contributed by atoms with Crippen LogP contribution in [0.5, 0.6) is 0 Å². The molecule has 0 fully saturated rings. The van der Waals surface area contributed by atoms with Crippen LogP contribution in [0, 0.1) is 6.42 Å². The van der Waals surface area contributed by atoms with E-state index in [2.05, 4.69) is 29.6 Å². The molecule has 1 radical (unpaired) electrons. The van der Waals surface area contributed by atoms with Crippen LogP contribution in [0.15, 0.2) is 23.7 Å². The summed E-state index contributed by atoms with van der Waals surface area (Å²) in [6.45, 7) is 2.04. The number of hydrogen-bond acceptors (Lipinski definition) is 2. The first-order valence-corrected chi connectivity index (χ1v) is 4.41. The van der Waals surface area contributed by atoms with E-state index in [9.17, 15) is 0 Å². The van der Waals surface area contributed by atoms with E-state index in [0.717, 1.165) is 5.52 Å². The molecular weight excluding hydrogens is 154 g/mol. The molecule has 0 atom stereocenters. The van der Waals surface area contributed by atoms with Crippen molar-refractivity contribution in [2.24, 2.45) is 0 Å². The summed E-state index contributed by atoms with van der Waals surface area (Å²) in [5.41, 5.74) is 4.24. The Labute approximate surface area is 69.7 Å². The summed E-state index contributed by atoms with van der Waals surface area (Å²) in [5, 5.41) is 0. The van der Waals surface area contributed by atoms with Crippen molar-refractivity contribution in [2.75, 3.05) is 0 Å². The maximum absolute atomic E-state index is 4.20. The minimum absolute atomic E-state index is 1.10. The number of nitrogens with zero attached hydrogens (tertiary/aromatic N) is 1.